The minimum Gasteiger partial charge on any atom is -0.346 e. The van der Waals surface area contributed by atoms with E-state index in [0.29, 0.717) is 0 Å². The van der Waals surface area contributed by atoms with E-state index in [1.165, 1.54) is 58.2 Å². The Hall–Kier alpha value is -0.120. The fraction of sp³-hybridized carbons (Fsp3) is 1.00. The summed E-state index contributed by atoms with van der Waals surface area (Å²) in [5.41, 5.74) is 5.45. The van der Waals surface area contributed by atoms with Crippen LogP contribution in [0, 0.1) is 0 Å². The van der Waals surface area contributed by atoms with Crippen molar-refractivity contribution in [3.8, 4) is 0 Å². The molecular formula is C13H33N3+2. The molecule has 0 aromatic rings. The van der Waals surface area contributed by atoms with Gasteiger partial charge in [0.05, 0.1) is 25.7 Å². The highest BCUT2D eigenvalue weighted by atomic mass is 14.9. The molecule has 98 valence electrons. The van der Waals surface area contributed by atoms with Gasteiger partial charge in [0.1, 0.15) is 0 Å². The molecule has 0 aromatic carbocycles. The summed E-state index contributed by atoms with van der Waals surface area (Å²) >= 11 is 0. The Morgan fingerprint density at radius 2 is 1.44 bits per heavy atom. The molecule has 0 unspecified atom stereocenters. The van der Waals surface area contributed by atoms with Gasteiger partial charge in [-0.3, -0.25) is 0 Å². The van der Waals surface area contributed by atoms with Gasteiger partial charge < -0.3 is 16.4 Å². The summed E-state index contributed by atoms with van der Waals surface area (Å²) in [5, 5.41) is 4.89. The first-order valence-corrected chi connectivity index (χ1v) is 7.12. The van der Waals surface area contributed by atoms with Gasteiger partial charge in [-0.1, -0.05) is 12.8 Å². The molecule has 0 heterocycles. The predicted molar refractivity (Wildman–Crippen MR) is 70.3 cm³/mol. The fourth-order valence-corrected chi connectivity index (χ4v) is 1.82. The Kier molecular flexibility index (Phi) is 12.9. The van der Waals surface area contributed by atoms with E-state index in [1.54, 1.807) is 0 Å². The highest BCUT2D eigenvalue weighted by Crippen LogP contribution is 1.99. The lowest BCUT2D eigenvalue weighted by molar-refractivity contribution is -0.697. The van der Waals surface area contributed by atoms with Gasteiger partial charge in [-0.25, -0.2) is 0 Å². The smallest absolute Gasteiger partial charge is 0.0811 e. The van der Waals surface area contributed by atoms with Crippen molar-refractivity contribution in [3.63, 3.8) is 0 Å². The largest absolute Gasteiger partial charge is 0.346 e. The molecule has 0 amide bonds. The van der Waals surface area contributed by atoms with Gasteiger partial charge in [0.2, 0.25) is 0 Å². The highest BCUT2D eigenvalue weighted by Gasteiger charge is 1.97. The first-order chi connectivity index (χ1) is 7.77. The van der Waals surface area contributed by atoms with Gasteiger partial charge in [-0.05, 0) is 39.7 Å². The van der Waals surface area contributed by atoms with Gasteiger partial charge >= 0.3 is 0 Å². The van der Waals surface area contributed by atoms with Crippen LogP contribution in [0.2, 0.25) is 0 Å². The lowest BCUT2D eigenvalue weighted by Crippen LogP contribution is -2.90. The summed E-state index contributed by atoms with van der Waals surface area (Å²) in [5.74, 6) is 0. The summed E-state index contributed by atoms with van der Waals surface area (Å²) in [6, 6.07) is 0.752. The Balaban J connectivity index is 2.88. The van der Waals surface area contributed by atoms with Crippen molar-refractivity contribution in [2.24, 2.45) is 5.73 Å². The molecule has 0 saturated heterocycles. The van der Waals surface area contributed by atoms with Gasteiger partial charge in [-0.15, -0.1) is 0 Å². The SMILES string of the molecule is CC(C)[NH2+]CCC[NH2+]CCCCCCCN. The third-order valence-corrected chi connectivity index (χ3v) is 2.86. The van der Waals surface area contributed by atoms with E-state index in [4.69, 9.17) is 5.73 Å². The van der Waals surface area contributed by atoms with E-state index in [2.05, 4.69) is 24.5 Å². The molecule has 0 saturated carbocycles. The molecule has 0 bridgehead atoms. The molecule has 3 heteroatoms. The number of unbranched alkanes of at least 4 members (excludes halogenated alkanes) is 4. The van der Waals surface area contributed by atoms with Crippen molar-refractivity contribution in [3.05, 3.63) is 0 Å². The van der Waals surface area contributed by atoms with Crippen molar-refractivity contribution in [1.29, 1.82) is 0 Å². The second kappa shape index (κ2) is 12.9. The topological polar surface area (TPSA) is 59.2 Å². The van der Waals surface area contributed by atoms with Crippen LogP contribution >= 0.6 is 0 Å². The molecular weight excluding hydrogens is 198 g/mol. The monoisotopic (exact) mass is 231 g/mol. The predicted octanol–water partition coefficient (Wildman–Crippen LogP) is -0.179. The van der Waals surface area contributed by atoms with E-state index in [0.717, 1.165) is 12.6 Å². The molecule has 0 rings (SSSR count). The standard InChI is InChI=1S/C13H31N3/c1-13(2)16-12-8-11-15-10-7-5-3-4-6-9-14/h13,15-16H,3-12,14H2,1-2H3/p+2. The summed E-state index contributed by atoms with van der Waals surface area (Å²) in [4.78, 5) is 0. The van der Waals surface area contributed by atoms with Crippen LogP contribution in [0.1, 0.15) is 52.4 Å². The quantitative estimate of drug-likeness (QED) is 0.401. The molecule has 16 heavy (non-hydrogen) atoms. The van der Waals surface area contributed by atoms with Crippen LogP contribution < -0.4 is 16.4 Å². The van der Waals surface area contributed by atoms with E-state index in [1.807, 2.05) is 0 Å². The second-order valence-corrected chi connectivity index (χ2v) is 5.04. The van der Waals surface area contributed by atoms with Gasteiger partial charge in [0.15, 0.2) is 0 Å². The van der Waals surface area contributed by atoms with E-state index >= 15 is 0 Å². The van der Waals surface area contributed by atoms with Crippen LogP contribution in [0.15, 0.2) is 0 Å². The maximum absolute atomic E-state index is 5.45. The number of rotatable bonds is 12. The summed E-state index contributed by atoms with van der Waals surface area (Å²) < 4.78 is 0. The zero-order valence-electron chi connectivity index (χ0n) is 11.4. The van der Waals surface area contributed by atoms with Crippen molar-refractivity contribution >= 4 is 0 Å². The lowest BCUT2D eigenvalue weighted by Gasteiger charge is -2.04. The molecule has 6 N–H and O–H groups in total. The summed E-state index contributed by atoms with van der Waals surface area (Å²) in [6.45, 7) is 9.26. The fourth-order valence-electron chi connectivity index (χ4n) is 1.82. The van der Waals surface area contributed by atoms with E-state index in [-0.39, 0.29) is 0 Å². The molecule has 3 nitrogen and oxygen atoms in total. The van der Waals surface area contributed by atoms with Crippen LogP contribution in [0.5, 0.6) is 0 Å². The van der Waals surface area contributed by atoms with Crippen molar-refractivity contribution in [2.75, 3.05) is 26.2 Å². The number of hydrogen-bond acceptors (Lipinski definition) is 1. The number of nitrogens with two attached hydrogens (primary N) is 3. The number of quaternary nitrogens is 2. The second-order valence-electron chi connectivity index (χ2n) is 5.04. The van der Waals surface area contributed by atoms with Crippen LogP contribution in [-0.2, 0) is 0 Å². The van der Waals surface area contributed by atoms with Crippen LogP contribution in [0.3, 0.4) is 0 Å². The van der Waals surface area contributed by atoms with Crippen LogP contribution in [-0.4, -0.2) is 32.2 Å². The van der Waals surface area contributed by atoms with Crippen molar-refractivity contribution in [2.45, 2.75) is 58.4 Å². The maximum Gasteiger partial charge on any atom is 0.0811 e. The first kappa shape index (κ1) is 15.9. The molecule has 0 aliphatic carbocycles. The average Bonchev–Trinajstić information content (AvgIpc) is 2.25. The Labute approximate surface area is 102 Å². The molecule has 0 fully saturated rings. The summed E-state index contributed by atoms with van der Waals surface area (Å²) in [7, 11) is 0. The first-order valence-electron chi connectivity index (χ1n) is 7.12. The zero-order chi connectivity index (χ0) is 12.1. The van der Waals surface area contributed by atoms with Crippen LogP contribution in [0.4, 0.5) is 0 Å². The van der Waals surface area contributed by atoms with Crippen molar-refractivity contribution in [1.82, 2.24) is 0 Å². The minimum absolute atomic E-state index is 0.752. The van der Waals surface area contributed by atoms with Crippen molar-refractivity contribution < 1.29 is 10.6 Å². The zero-order valence-corrected chi connectivity index (χ0v) is 11.4. The Morgan fingerprint density at radius 3 is 2.12 bits per heavy atom. The normalized spacial score (nSPS) is 11.2. The minimum atomic E-state index is 0.752. The molecule has 0 aliphatic heterocycles. The van der Waals surface area contributed by atoms with Gasteiger partial charge in [-0.2, -0.15) is 0 Å². The lowest BCUT2D eigenvalue weighted by atomic mass is 10.1. The number of hydrogen-bond donors (Lipinski definition) is 3. The molecule has 0 aliphatic rings. The van der Waals surface area contributed by atoms with Crippen LogP contribution in [0.25, 0.3) is 0 Å². The van der Waals surface area contributed by atoms with Gasteiger partial charge in [0, 0.05) is 6.42 Å². The average molecular weight is 231 g/mol. The van der Waals surface area contributed by atoms with E-state index in [9.17, 15) is 0 Å². The van der Waals surface area contributed by atoms with Gasteiger partial charge in [0.25, 0.3) is 0 Å². The molecule has 0 spiro atoms. The molecule has 0 atom stereocenters. The molecule has 0 aromatic heterocycles. The Bertz CT molecular complexity index is 126. The highest BCUT2D eigenvalue weighted by molar-refractivity contribution is 4.43. The maximum atomic E-state index is 5.45. The third-order valence-electron chi connectivity index (χ3n) is 2.86. The van der Waals surface area contributed by atoms with E-state index < -0.39 is 0 Å². The molecule has 0 radical (unpaired) electrons. The third kappa shape index (κ3) is 13.9. The Morgan fingerprint density at radius 1 is 0.812 bits per heavy atom. The summed E-state index contributed by atoms with van der Waals surface area (Å²) in [6.07, 6.45) is 7.99.